The number of benzene rings is 1. The second-order valence-electron chi connectivity index (χ2n) is 7.08. The number of nitrogens with one attached hydrogen (secondary N) is 1. The van der Waals surface area contributed by atoms with Gasteiger partial charge in [0, 0.05) is 30.7 Å². The van der Waals surface area contributed by atoms with Gasteiger partial charge in [0.2, 0.25) is 0 Å². The van der Waals surface area contributed by atoms with Gasteiger partial charge in [-0.1, -0.05) is 32.0 Å². The number of aromatic nitrogens is 2. The predicted molar refractivity (Wildman–Crippen MR) is 92.5 cm³/mol. The fraction of sp³-hybridized carbons (Fsp3) is 0.474. The summed E-state index contributed by atoms with van der Waals surface area (Å²) in [6.45, 7) is 6.58. The lowest BCUT2D eigenvalue weighted by Gasteiger charge is -2.20. The van der Waals surface area contributed by atoms with Crippen LogP contribution in [0, 0.1) is 5.92 Å². The third-order valence-electron chi connectivity index (χ3n) is 5.29. The van der Waals surface area contributed by atoms with E-state index in [1.54, 1.807) is 6.20 Å². The first-order chi connectivity index (χ1) is 11.7. The molecule has 2 atom stereocenters. The Morgan fingerprint density at radius 3 is 2.96 bits per heavy atom. The zero-order valence-corrected chi connectivity index (χ0v) is 14.2. The van der Waals surface area contributed by atoms with Gasteiger partial charge < -0.3 is 9.64 Å². The average molecular weight is 325 g/mol. The lowest BCUT2D eigenvalue weighted by atomic mass is 9.90. The number of para-hydroxylation sites is 1. The highest BCUT2D eigenvalue weighted by Gasteiger charge is 2.36. The van der Waals surface area contributed by atoms with Gasteiger partial charge in [-0.25, -0.2) is 0 Å². The molecule has 5 heteroatoms. The summed E-state index contributed by atoms with van der Waals surface area (Å²) in [6, 6.07) is 8.26. The van der Waals surface area contributed by atoms with Gasteiger partial charge in [-0.15, -0.1) is 0 Å². The van der Waals surface area contributed by atoms with Crippen molar-refractivity contribution in [2.75, 3.05) is 24.7 Å². The van der Waals surface area contributed by atoms with Gasteiger partial charge in [0.25, 0.3) is 5.91 Å². The second-order valence-corrected chi connectivity index (χ2v) is 7.08. The third kappa shape index (κ3) is 2.44. The van der Waals surface area contributed by atoms with Crippen molar-refractivity contribution in [1.82, 2.24) is 10.2 Å². The molecule has 1 fully saturated rings. The zero-order chi connectivity index (χ0) is 16.7. The highest BCUT2D eigenvalue weighted by atomic mass is 16.5. The number of hydrogen-bond acceptors (Lipinski definition) is 3. The summed E-state index contributed by atoms with van der Waals surface area (Å²) in [5, 5.41) is 7.17. The van der Waals surface area contributed by atoms with Crippen LogP contribution >= 0.6 is 0 Å². The summed E-state index contributed by atoms with van der Waals surface area (Å²) in [5.41, 5.74) is 3.92. The summed E-state index contributed by atoms with van der Waals surface area (Å²) in [4.78, 5) is 15.2. The predicted octanol–water partition coefficient (Wildman–Crippen LogP) is 3.31. The topological polar surface area (TPSA) is 58.2 Å². The molecule has 0 unspecified atom stereocenters. The van der Waals surface area contributed by atoms with E-state index in [0.717, 1.165) is 31.0 Å². The van der Waals surface area contributed by atoms with Crippen LogP contribution in [0.5, 0.6) is 0 Å². The molecule has 0 radical (unpaired) electrons. The molecule has 1 aromatic heterocycles. The maximum Gasteiger partial charge on any atom is 0.261 e. The number of rotatable bonds is 3. The van der Waals surface area contributed by atoms with Gasteiger partial charge in [-0.3, -0.25) is 9.89 Å². The van der Waals surface area contributed by atoms with Crippen LogP contribution in [0.25, 0.3) is 0 Å². The molecule has 3 heterocycles. The molecule has 1 N–H and O–H groups in total. The molecule has 5 nitrogen and oxygen atoms in total. The maximum atomic E-state index is 13.2. The summed E-state index contributed by atoms with van der Waals surface area (Å²) in [7, 11) is 0. The quantitative estimate of drug-likeness (QED) is 0.942. The first kappa shape index (κ1) is 15.4. The monoisotopic (exact) mass is 325 g/mol. The van der Waals surface area contributed by atoms with E-state index in [-0.39, 0.29) is 11.8 Å². The number of nitrogens with zero attached hydrogens (tertiary/aromatic N) is 2. The minimum atomic E-state index is 0.0428. The van der Waals surface area contributed by atoms with Crippen molar-refractivity contribution < 1.29 is 9.53 Å². The van der Waals surface area contributed by atoms with Gasteiger partial charge in [0.15, 0.2) is 0 Å². The van der Waals surface area contributed by atoms with Crippen LogP contribution in [0.15, 0.2) is 30.5 Å². The lowest BCUT2D eigenvalue weighted by molar-refractivity contribution is 0.0986. The van der Waals surface area contributed by atoms with Crippen LogP contribution in [-0.2, 0) is 4.74 Å². The van der Waals surface area contributed by atoms with Crippen molar-refractivity contribution in [2.24, 2.45) is 5.92 Å². The van der Waals surface area contributed by atoms with Crippen molar-refractivity contribution in [3.8, 4) is 0 Å². The second kappa shape index (κ2) is 6.06. The minimum Gasteiger partial charge on any atom is -0.381 e. The highest BCUT2D eigenvalue weighted by molar-refractivity contribution is 6.08. The van der Waals surface area contributed by atoms with E-state index in [9.17, 15) is 4.79 Å². The van der Waals surface area contributed by atoms with Crippen LogP contribution < -0.4 is 4.90 Å². The SMILES string of the molecule is CC(C)[C@H]1CN(C(=O)c2cn[nH]c2[C@H]2CCOC2)c2ccccc21. The standard InChI is InChI=1S/C19H23N3O2/c1-12(2)16-10-22(17-6-4-3-5-14(16)17)19(23)15-9-20-21-18(15)13-7-8-24-11-13/h3-6,9,12-13,16H,7-8,10-11H2,1-2H3,(H,20,21)/t13-,16+/m0/s1. The summed E-state index contributed by atoms with van der Waals surface area (Å²) in [6.07, 6.45) is 2.61. The van der Waals surface area contributed by atoms with Gasteiger partial charge in [0.05, 0.1) is 24.1 Å². The van der Waals surface area contributed by atoms with Crippen LogP contribution in [0.3, 0.4) is 0 Å². The Kier molecular flexibility index (Phi) is 3.88. The molecule has 0 aliphatic carbocycles. The number of hydrogen-bond donors (Lipinski definition) is 1. The third-order valence-corrected chi connectivity index (χ3v) is 5.29. The maximum absolute atomic E-state index is 13.2. The number of H-pyrrole nitrogens is 1. The Morgan fingerprint density at radius 2 is 2.21 bits per heavy atom. The van der Waals surface area contributed by atoms with E-state index in [1.165, 1.54) is 5.56 Å². The van der Waals surface area contributed by atoms with E-state index in [4.69, 9.17) is 4.74 Å². The van der Waals surface area contributed by atoms with Crippen molar-refractivity contribution in [3.63, 3.8) is 0 Å². The van der Waals surface area contributed by atoms with E-state index in [2.05, 4.69) is 36.2 Å². The van der Waals surface area contributed by atoms with Crippen LogP contribution in [0.2, 0.25) is 0 Å². The molecule has 1 amide bonds. The number of anilines is 1. The van der Waals surface area contributed by atoms with Gasteiger partial charge in [-0.2, -0.15) is 5.10 Å². The first-order valence-electron chi connectivity index (χ1n) is 8.68. The number of aromatic amines is 1. The van der Waals surface area contributed by atoms with E-state index in [0.29, 0.717) is 24.0 Å². The minimum absolute atomic E-state index is 0.0428. The number of fused-ring (bicyclic) bond motifs is 1. The Hall–Kier alpha value is -2.14. The van der Waals surface area contributed by atoms with Crippen molar-refractivity contribution in [3.05, 3.63) is 47.3 Å². The summed E-state index contributed by atoms with van der Waals surface area (Å²) in [5.74, 6) is 1.16. The number of amides is 1. The number of carbonyl (C=O) groups is 1. The van der Waals surface area contributed by atoms with Crippen molar-refractivity contribution in [1.29, 1.82) is 0 Å². The van der Waals surface area contributed by atoms with Crippen molar-refractivity contribution >= 4 is 11.6 Å². The highest BCUT2D eigenvalue weighted by Crippen LogP contribution is 2.41. The number of ether oxygens (including phenoxy) is 1. The number of carbonyl (C=O) groups excluding carboxylic acids is 1. The molecule has 0 saturated carbocycles. The molecule has 1 aromatic carbocycles. The Morgan fingerprint density at radius 1 is 1.38 bits per heavy atom. The molecular weight excluding hydrogens is 302 g/mol. The van der Waals surface area contributed by atoms with Gasteiger partial charge in [0.1, 0.15) is 0 Å². The van der Waals surface area contributed by atoms with Gasteiger partial charge in [-0.05, 0) is 24.0 Å². The zero-order valence-electron chi connectivity index (χ0n) is 14.2. The molecule has 24 heavy (non-hydrogen) atoms. The van der Waals surface area contributed by atoms with Crippen molar-refractivity contribution in [2.45, 2.75) is 32.1 Å². The Balaban J connectivity index is 1.68. The molecule has 2 aromatic rings. The van der Waals surface area contributed by atoms with E-state index in [1.807, 2.05) is 17.0 Å². The molecule has 2 aliphatic rings. The molecule has 4 rings (SSSR count). The smallest absolute Gasteiger partial charge is 0.261 e. The van der Waals surface area contributed by atoms with Crippen LogP contribution in [0.4, 0.5) is 5.69 Å². The molecule has 0 bridgehead atoms. The van der Waals surface area contributed by atoms with E-state index >= 15 is 0 Å². The molecule has 1 saturated heterocycles. The van der Waals surface area contributed by atoms with Crippen LogP contribution in [-0.4, -0.2) is 35.9 Å². The molecule has 126 valence electrons. The molecule has 2 aliphatic heterocycles. The fourth-order valence-electron chi connectivity index (χ4n) is 3.89. The largest absolute Gasteiger partial charge is 0.381 e. The summed E-state index contributed by atoms with van der Waals surface area (Å²) >= 11 is 0. The Bertz CT molecular complexity index is 747. The fourth-order valence-corrected chi connectivity index (χ4v) is 3.89. The van der Waals surface area contributed by atoms with Gasteiger partial charge >= 0.3 is 0 Å². The summed E-state index contributed by atoms with van der Waals surface area (Å²) < 4.78 is 5.47. The first-order valence-corrected chi connectivity index (χ1v) is 8.68. The van der Waals surface area contributed by atoms with E-state index < -0.39 is 0 Å². The molecular formula is C19H23N3O2. The molecule has 0 spiro atoms. The lowest BCUT2D eigenvalue weighted by Crippen LogP contribution is -2.31. The Labute approximate surface area is 142 Å². The normalized spacial score (nSPS) is 23.0. The van der Waals surface area contributed by atoms with Crippen LogP contribution in [0.1, 0.15) is 53.7 Å². The average Bonchev–Trinajstić information content (AvgIpc) is 3.31.